The Labute approximate surface area is 169 Å². The molecule has 1 saturated heterocycles. The van der Waals surface area contributed by atoms with Crippen LogP contribution in [0.2, 0.25) is 0 Å². The minimum Gasteiger partial charge on any atom is -1.00 e. The molecular formula is C17H24ClF3O6S. The zero-order chi connectivity index (χ0) is 20.2. The summed E-state index contributed by atoms with van der Waals surface area (Å²) in [4.78, 5) is 0. The van der Waals surface area contributed by atoms with Gasteiger partial charge in [-0.2, -0.15) is 13.2 Å². The lowest BCUT2D eigenvalue weighted by Crippen LogP contribution is -3.00. The van der Waals surface area contributed by atoms with Crippen molar-refractivity contribution in [2.24, 2.45) is 0 Å². The van der Waals surface area contributed by atoms with Crippen LogP contribution in [0.1, 0.15) is 11.1 Å². The van der Waals surface area contributed by atoms with Gasteiger partial charge in [-0.3, -0.25) is 0 Å². The van der Waals surface area contributed by atoms with E-state index >= 15 is 0 Å². The van der Waals surface area contributed by atoms with E-state index in [0.29, 0.717) is 0 Å². The zero-order valence-electron chi connectivity index (χ0n) is 14.8. The highest BCUT2D eigenvalue weighted by atomic mass is 35.5. The van der Waals surface area contributed by atoms with E-state index in [4.69, 9.17) is 4.74 Å². The smallest absolute Gasteiger partial charge is 0.416 e. The predicted molar refractivity (Wildman–Crippen MR) is 93.1 cm³/mol. The molecule has 0 bridgehead atoms. The molecule has 0 amide bonds. The van der Waals surface area contributed by atoms with Crippen molar-refractivity contribution < 1.29 is 55.8 Å². The number of ether oxygens (including phenoxy) is 1. The van der Waals surface area contributed by atoms with Crippen LogP contribution in [0, 0.1) is 0 Å². The number of hydrogen-bond donors (Lipinski definition) is 5. The average Bonchev–Trinajstić information content (AvgIpc) is 2.88. The first-order valence-electron chi connectivity index (χ1n) is 8.38. The van der Waals surface area contributed by atoms with E-state index in [9.17, 15) is 38.7 Å². The number of aliphatic hydroxyl groups is 5. The predicted octanol–water partition coefficient (Wildman–Crippen LogP) is -3.34. The lowest BCUT2D eigenvalue weighted by Gasteiger charge is -2.23. The minimum absolute atomic E-state index is 0. The van der Waals surface area contributed by atoms with E-state index in [2.05, 4.69) is 0 Å². The maximum Gasteiger partial charge on any atom is 0.416 e. The fourth-order valence-electron chi connectivity index (χ4n) is 3.02. The fourth-order valence-corrected chi connectivity index (χ4v) is 5.73. The third kappa shape index (κ3) is 6.20. The summed E-state index contributed by atoms with van der Waals surface area (Å²) < 4.78 is 44.4. The Bertz CT molecular complexity index is 609. The van der Waals surface area contributed by atoms with Crippen LogP contribution in [0.15, 0.2) is 24.3 Å². The molecule has 0 spiro atoms. The van der Waals surface area contributed by atoms with E-state index in [1.54, 1.807) is 0 Å². The Morgan fingerprint density at radius 3 is 2.39 bits per heavy atom. The van der Waals surface area contributed by atoms with Crippen molar-refractivity contribution in [1.29, 1.82) is 0 Å². The average molecular weight is 449 g/mol. The van der Waals surface area contributed by atoms with E-state index < -0.39 is 65.5 Å². The Hall–Kier alpha value is -0.590. The number of halogens is 4. The van der Waals surface area contributed by atoms with Crippen molar-refractivity contribution in [3.8, 4) is 0 Å². The Balaban J connectivity index is 0.00000392. The highest BCUT2D eigenvalue weighted by molar-refractivity contribution is 7.97. The number of benzene rings is 1. The topological polar surface area (TPSA) is 110 Å². The monoisotopic (exact) mass is 448 g/mol. The van der Waals surface area contributed by atoms with Gasteiger partial charge >= 0.3 is 6.18 Å². The van der Waals surface area contributed by atoms with Crippen LogP contribution < -0.4 is 12.4 Å². The van der Waals surface area contributed by atoms with Crippen LogP contribution in [0.5, 0.6) is 0 Å². The normalized spacial score (nSPS) is 27.3. The van der Waals surface area contributed by atoms with Crippen molar-refractivity contribution in [3.05, 3.63) is 35.4 Å². The number of aliphatic hydroxyl groups excluding tert-OH is 5. The molecule has 5 N–H and O–H groups in total. The SMILES string of the molecule is OC[C@H](OCc1ccccc1C(F)(F)F)[C@H](O)C[S+]1C[C@@H](O)[C@H](O)[C@H]1CO.[Cl-]. The quantitative estimate of drug-likeness (QED) is 0.266. The van der Waals surface area contributed by atoms with Gasteiger partial charge in [-0.1, -0.05) is 18.2 Å². The molecule has 6 nitrogen and oxygen atoms in total. The van der Waals surface area contributed by atoms with Crippen LogP contribution in [0.3, 0.4) is 0 Å². The van der Waals surface area contributed by atoms with E-state index in [0.717, 1.165) is 6.07 Å². The molecule has 2 rings (SSSR count). The van der Waals surface area contributed by atoms with Crippen LogP contribution in [0.25, 0.3) is 0 Å². The van der Waals surface area contributed by atoms with Crippen molar-refractivity contribution in [2.45, 2.75) is 42.4 Å². The molecule has 1 aromatic rings. The third-order valence-electron chi connectivity index (χ3n) is 4.54. The van der Waals surface area contributed by atoms with Crippen LogP contribution >= 0.6 is 0 Å². The highest BCUT2D eigenvalue weighted by Gasteiger charge is 2.50. The molecule has 1 unspecified atom stereocenters. The minimum atomic E-state index is -4.54. The summed E-state index contributed by atoms with van der Waals surface area (Å²) in [6.45, 7) is -1.42. The van der Waals surface area contributed by atoms with Gasteiger partial charge in [-0.05, 0) is 11.6 Å². The summed E-state index contributed by atoms with van der Waals surface area (Å²) >= 11 is 0. The van der Waals surface area contributed by atoms with Gasteiger partial charge in [0, 0.05) is 10.9 Å². The number of rotatable bonds is 8. The summed E-state index contributed by atoms with van der Waals surface area (Å²) in [7, 11) is -0.715. The first kappa shape index (κ1) is 25.4. The molecule has 11 heteroatoms. The molecule has 0 aromatic heterocycles. The lowest BCUT2D eigenvalue weighted by atomic mass is 10.1. The molecule has 1 fully saturated rings. The molecule has 1 heterocycles. The van der Waals surface area contributed by atoms with Crippen LogP contribution in [-0.4, -0.2) is 79.9 Å². The van der Waals surface area contributed by atoms with Gasteiger partial charge in [0.1, 0.15) is 35.9 Å². The third-order valence-corrected chi connectivity index (χ3v) is 7.36. The summed E-state index contributed by atoms with van der Waals surface area (Å²) in [5.74, 6) is 0.240. The van der Waals surface area contributed by atoms with Gasteiger partial charge in [-0.25, -0.2) is 0 Å². The van der Waals surface area contributed by atoms with Gasteiger partial charge in [-0.15, -0.1) is 0 Å². The fraction of sp³-hybridized carbons (Fsp3) is 0.647. The van der Waals surface area contributed by atoms with E-state index in [1.807, 2.05) is 0 Å². The molecule has 1 aromatic carbocycles. The first-order valence-corrected chi connectivity index (χ1v) is 10.0. The number of alkyl halides is 3. The summed E-state index contributed by atoms with van der Waals surface area (Å²) in [6.07, 6.45) is -9.00. The largest absolute Gasteiger partial charge is 1.00 e. The van der Waals surface area contributed by atoms with Gasteiger partial charge in [0.15, 0.2) is 5.25 Å². The van der Waals surface area contributed by atoms with Crippen molar-refractivity contribution in [2.75, 3.05) is 24.7 Å². The molecule has 6 atom stereocenters. The van der Waals surface area contributed by atoms with Crippen molar-refractivity contribution in [1.82, 2.24) is 0 Å². The standard InChI is InChI=1S/C17H24F3O6S.ClH/c18-17(19,20)11-4-2-1-3-10(11)7-26-14(5-21)12(23)8-27-9-13(24)16(25)15(27)6-22;/h1-4,12-16,21-25H,5-9H2;1H/q+1;/p-1/t12-,13-,14+,15-,16+,27?;/m1./s1. The first-order chi connectivity index (χ1) is 12.7. The second-order valence-corrected chi connectivity index (χ2v) is 8.75. The van der Waals surface area contributed by atoms with Crippen molar-refractivity contribution in [3.63, 3.8) is 0 Å². The molecular weight excluding hydrogens is 425 g/mol. The Morgan fingerprint density at radius 1 is 1.18 bits per heavy atom. The van der Waals surface area contributed by atoms with Gasteiger partial charge in [0.25, 0.3) is 0 Å². The molecule has 0 radical (unpaired) electrons. The zero-order valence-corrected chi connectivity index (χ0v) is 16.4. The maximum atomic E-state index is 13.0. The van der Waals surface area contributed by atoms with E-state index in [-0.39, 0.29) is 36.1 Å². The summed E-state index contributed by atoms with van der Waals surface area (Å²) in [6, 6.07) is 4.89. The Morgan fingerprint density at radius 2 is 1.82 bits per heavy atom. The maximum absolute atomic E-state index is 13.0. The Kier molecular flexibility index (Phi) is 9.98. The van der Waals surface area contributed by atoms with Crippen LogP contribution in [-0.2, 0) is 28.4 Å². The van der Waals surface area contributed by atoms with Crippen LogP contribution in [0.4, 0.5) is 13.2 Å². The molecule has 28 heavy (non-hydrogen) atoms. The summed E-state index contributed by atoms with van der Waals surface area (Å²) in [5.41, 5.74) is -0.960. The van der Waals surface area contributed by atoms with Gasteiger partial charge in [0.2, 0.25) is 0 Å². The van der Waals surface area contributed by atoms with E-state index in [1.165, 1.54) is 18.2 Å². The highest BCUT2D eigenvalue weighted by Crippen LogP contribution is 2.32. The molecule has 0 saturated carbocycles. The molecule has 1 aliphatic heterocycles. The van der Waals surface area contributed by atoms with Crippen molar-refractivity contribution >= 4 is 10.9 Å². The molecule has 0 aliphatic carbocycles. The number of hydrogen-bond acceptors (Lipinski definition) is 6. The van der Waals surface area contributed by atoms with Gasteiger partial charge < -0.3 is 42.7 Å². The molecule has 1 aliphatic rings. The lowest BCUT2D eigenvalue weighted by molar-refractivity contribution is -0.139. The second-order valence-electron chi connectivity index (χ2n) is 6.40. The second kappa shape index (κ2) is 11.0. The van der Waals surface area contributed by atoms with Gasteiger partial charge in [0.05, 0.1) is 25.4 Å². The molecule has 162 valence electrons. The summed E-state index contributed by atoms with van der Waals surface area (Å²) in [5, 5.41) is 48.1.